The van der Waals surface area contributed by atoms with Crippen molar-refractivity contribution in [2.45, 2.75) is 102 Å². The number of phenolic OH excluding ortho intramolecular Hbond substituents is 1. The molecule has 1 aromatic rings. The first-order valence-electron chi connectivity index (χ1n) is 11.8. The summed E-state index contributed by atoms with van der Waals surface area (Å²) in [6.07, 6.45) is -7.74. The summed E-state index contributed by atoms with van der Waals surface area (Å²) in [6, 6.07) is 2.08. The van der Waals surface area contributed by atoms with E-state index >= 15 is 0 Å². The molecule has 2 rings (SSSR count). The van der Waals surface area contributed by atoms with Crippen LogP contribution in [0.15, 0.2) is 28.9 Å². The van der Waals surface area contributed by atoms with Crippen LogP contribution in [-0.2, 0) is 15.6 Å². The first-order chi connectivity index (χ1) is 16.2. The Morgan fingerprint density at radius 1 is 0.944 bits per heavy atom. The second-order valence-corrected chi connectivity index (χ2v) is 11.3. The van der Waals surface area contributed by atoms with Gasteiger partial charge in [0.15, 0.2) is 0 Å². The Bertz CT molecular complexity index is 1010. The van der Waals surface area contributed by atoms with Gasteiger partial charge in [-0.3, -0.25) is 9.79 Å². The summed E-state index contributed by atoms with van der Waals surface area (Å²) in [5.41, 5.74) is -0.330. The van der Waals surface area contributed by atoms with Gasteiger partial charge in [0.25, 0.3) is 5.78 Å². The number of hydrogen-bond donors (Lipinski definition) is 2. The third-order valence-electron chi connectivity index (χ3n) is 6.15. The van der Waals surface area contributed by atoms with Crippen molar-refractivity contribution in [3.8, 4) is 5.75 Å². The fourth-order valence-corrected chi connectivity index (χ4v) is 4.01. The Balaban J connectivity index is 2.44. The molecule has 4 nitrogen and oxygen atoms in total. The lowest BCUT2D eigenvalue weighted by atomic mass is 9.79. The maximum atomic E-state index is 13.4. The predicted molar refractivity (Wildman–Crippen MR) is 127 cm³/mol. The SMILES string of the molecule is CC(C)(C)c1cc(C=N[C@@H]2CCCC[C@H]2N/C(=C/C(=O)C(F)(F)F)C(F)(F)F)c(O)c(C(C)(C)C)c1. The molecule has 0 bridgehead atoms. The fourth-order valence-electron chi connectivity index (χ4n) is 4.01. The molecule has 1 fully saturated rings. The molecule has 36 heavy (non-hydrogen) atoms. The van der Waals surface area contributed by atoms with Crippen molar-refractivity contribution < 1.29 is 36.2 Å². The van der Waals surface area contributed by atoms with Crippen molar-refractivity contribution in [2.24, 2.45) is 4.99 Å². The van der Waals surface area contributed by atoms with Crippen LogP contribution in [-0.4, -0.2) is 41.5 Å². The van der Waals surface area contributed by atoms with Crippen LogP contribution in [0.4, 0.5) is 26.3 Å². The molecule has 0 unspecified atom stereocenters. The number of allylic oxidation sites excluding steroid dienone is 2. The summed E-state index contributed by atoms with van der Waals surface area (Å²) in [5.74, 6) is -2.57. The van der Waals surface area contributed by atoms with Gasteiger partial charge in [0.05, 0.1) is 6.04 Å². The maximum Gasteiger partial charge on any atom is 0.454 e. The number of carbonyl (C=O) groups excluding carboxylic acids is 1. The van der Waals surface area contributed by atoms with E-state index in [4.69, 9.17) is 0 Å². The Morgan fingerprint density at radius 2 is 1.53 bits per heavy atom. The highest BCUT2D eigenvalue weighted by Gasteiger charge is 2.42. The lowest BCUT2D eigenvalue weighted by molar-refractivity contribution is -0.166. The predicted octanol–water partition coefficient (Wildman–Crippen LogP) is 6.88. The van der Waals surface area contributed by atoms with Gasteiger partial charge < -0.3 is 10.4 Å². The van der Waals surface area contributed by atoms with Crippen molar-refractivity contribution in [1.29, 1.82) is 0 Å². The standard InChI is InChI=1S/C26H34F6N2O2/c1-23(2,3)16-11-15(22(36)17(12-16)24(4,5)6)14-33-18-9-7-8-10-19(18)34-20(25(27,28)29)13-21(35)26(30,31)32/h11-14,18-19,34,36H,7-10H2,1-6H3/b20-13+,33-14?/t18-,19-/m1/s1. The number of carbonyl (C=O) groups is 1. The second kappa shape index (κ2) is 10.5. The van der Waals surface area contributed by atoms with E-state index in [9.17, 15) is 36.2 Å². The first-order valence-corrected chi connectivity index (χ1v) is 11.8. The molecule has 1 aliphatic rings. The number of rotatable bonds is 5. The van der Waals surface area contributed by atoms with E-state index in [-0.39, 0.29) is 23.0 Å². The minimum atomic E-state index is -5.41. The maximum absolute atomic E-state index is 13.4. The Morgan fingerprint density at radius 3 is 2.03 bits per heavy atom. The number of aromatic hydroxyl groups is 1. The first kappa shape index (κ1) is 29.7. The van der Waals surface area contributed by atoms with E-state index in [1.54, 1.807) is 6.07 Å². The highest BCUT2D eigenvalue weighted by Crippen LogP contribution is 2.37. The smallest absolute Gasteiger partial charge is 0.454 e. The second-order valence-electron chi connectivity index (χ2n) is 11.3. The molecule has 0 radical (unpaired) electrons. The van der Waals surface area contributed by atoms with Crippen LogP contribution >= 0.6 is 0 Å². The summed E-state index contributed by atoms with van der Waals surface area (Å²) in [5, 5.41) is 13.0. The molecular formula is C26H34F6N2O2. The van der Waals surface area contributed by atoms with Gasteiger partial charge in [-0.15, -0.1) is 0 Å². The summed E-state index contributed by atoms with van der Waals surface area (Å²) in [6.45, 7) is 11.9. The molecule has 0 aromatic heterocycles. The van der Waals surface area contributed by atoms with Crippen molar-refractivity contribution in [2.75, 3.05) is 0 Å². The number of benzene rings is 1. The molecule has 0 aliphatic heterocycles. The zero-order valence-corrected chi connectivity index (χ0v) is 21.4. The lowest BCUT2D eigenvalue weighted by Gasteiger charge is -2.32. The van der Waals surface area contributed by atoms with Gasteiger partial charge in [0.2, 0.25) is 0 Å². The van der Waals surface area contributed by atoms with E-state index in [1.165, 1.54) is 6.21 Å². The van der Waals surface area contributed by atoms with Gasteiger partial charge in [0.1, 0.15) is 11.4 Å². The molecule has 10 heteroatoms. The van der Waals surface area contributed by atoms with E-state index in [2.05, 4.69) is 10.3 Å². The number of phenols is 1. The Kier molecular flexibility index (Phi) is 8.63. The van der Waals surface area contributed by atoms with Gasteiger partial charge in [-0.05, 0) is 35.3 Å². The van der Waals surface area contributed by atoms with Crippen LogP contribution in [0, 0.1) is 0 Å². The van der Waals surface area contributed by atoms with Gasteiger partial charge in [0, 0.05) is 29.5 Å². The number of halogens is 6. The molecule has 0 amide bonds. The van der Waals surface area contributed by atoms with Gasteiger partial charge >= 0.3 is 12.4 Å². The van der Waals surface area contributed by atoms with E-state index in [1.807, 2.05) is 47.6 Å². The minimum Gasteiger partial charge on any atom is -0.507 e. The highest BCUT2D eigenvalue weighted by molar-refractivity contribution is 5.95. The van der Waals surface area contributed by atoms with Crippen LogP contribution in [0.2, 0.25) is 0 Å². The molecule has 2 N–H and O–H groups in total. The average Bonchev–Trinajstić information content (AvgIpc) is 2.70. The summed E-state index contributed by atoms with van der Waals surface area (Å²) in [7, 11) is 0. The highest BCUT2D eigenvalue weighted by atomic mass is 19.4. The minimum absolute atomic E-state index is 0.0196. The zero-order chi connectivity index (χ0) is 27.7. The topological polar surface area (TPSA) is 61.7 Å². The van der Waals surface area contributed by atoms with E-state index < -0.39 is 42.0 Å². The van der Waals surface area contributed by atoms with Crippen molar-refractivity contribution in [3.63, 3.8) is 0 Å². The summed E-state index contributed by atoms with van der Waals surface area (Å²) in [4.78, 5) is 15.7. The number of hydrogen-bond acceptors (Lipinski definition) is 4. The Hall–Kier alpha value is -2.52. The van der Waals surface area contributed by atoms with Crippen LogP contribution in [0.5, 0.6) is 5.75 Å². The van der Waals surface area contributed by atoms with E-state index in [0.29, 0.717) is 30.4 Å². The number of ketones is 1. The third-order valence-corrected chi connectivity index (χ3v) is 6.15. The van der Waals surface area contributed by atoms with Gasteiger partial charge in [-0.25, -0.2) is 0 Å². The average molecular weight is 521 g/mol. The van der Waals surface area contributed by atoms with Gasteiger partial charge in [-0.2, -0.15) is 26.3 Å². The lowest BCUT2D eigenvalue weighted by Crippen LogP contribution is -2.44. The van der Waals surface area contributed by atoms with Gasteiger partial charge in [-0.1, -0.05) is 60.5 Å². The monoisotopic (exact) mass is 520 g/mol. The van der Waals surface area contributed by atoms with Crippen LogP contribution in [0.25, 0.3) is 0 Å². The number of nitrogens with one attached hydrogen (secondary N) is 1. The normalized spacial score (nSPS) is 20.6. The number of alkyl halides is 6. The molecule has 0 saturated heterocycles. The molecule has 0 spiro atoms. The quantitative estimate of drug-likeness (QED) is 0.253. The molecule has 202 valence electrons. The number of aliphatic imine (C=N–C) groups is 1. The number of nitrogens with zero attached hydrogens (tertiary/aromatic N) is 1. The zero-order valence-electron chi connectivity index (χ0n) is 21.4. The largest absolute Gasteiger partial charge is 0.507 e. The van der Waals surface area contributed by atoms with E-state index in [0.717, 1.165) is 5.56 Å². The van der Waals surface area contributed by atoms with Crippen LogP contribution in [0.3, 0.4) is 0 Å². The van der Waals surface area contributed by atoms with Crippen molar-refractivity contribution in [3.05, 3.63) is 40.6 Å². The molecule has 2 atom stereocenters. The van der Waals surface area contributed by atoms with Crippen molar-refractivity contribution >= 4 is 12.0 Å². The fraction of sp³-hybridized carbons (Fsp3) is 0.615. The molecule has 0 heterocycles. The molecule has 1 aromatic carbocycles. The Labute approximate surface area is 207 Å². The molecular weight excluding hydrogens is 486 g/mol. The molecule has 1 saturated carbocycles. The van der Waals surface area contributed by atoms with Crippen molar-refractivity contribution in [1.82, 2.24) is 5.32 Å². The molecule has 1 aliphatic carbocycles. The third kappa shape index (κ3) is 7.74. The van der Waals surface area contributed by atoms with Crippen LogP contribution < -0.4 is 5.32 Å². The summed E-state index contributed by atoms with van der Waals surface area (Å²) >= 11 is 0. The summed E-state index contributed by atoms with van der Waals surface area (Å²) < 4.78 is 78.1. The van der Waals surface area contributed by atoms with Crippen LogP contribution in [0.1, 0.15) is 83.9 Å².